The Morgan fingerprint density at radius 1 is 1.20 bits per heavy atom. The van der Waals surface area contributed by atoms with Crippen LogP contribution >= 0.6 is 0 Å². The molecule has 0 aromatic heterocycles. The lowest BCUT2D eigenvalue weighted by Crippen LogP contribution is -2.44. The molecule has 1 aromatic rings. The van der Waals surface area contributed by atoms with E-state index in [1.165, 1.54) is 12.8 Å². The van der Waals surface area contributed by atoms with Crippen molar-refractivity contribution in [3.05, 3.63) is 35.9 Å². The molecule has 112 valence electrons. The highest BCUT2D eigenvalue weighted by atomic mass is 16.3. The van der Waals surface area contributed by atoms with E-state index in [1.807, 2.05) is 30.3 Å². The van der Waals surface area contributed by atoms with Crippen molar-refractivity contribution in [2.45, 2.75) is 52.2 Å². The zero-order valence-electron chi connectivity index (χ0n) is 13.1. The second kappa shape index (κ2) is 7.24. The topological polar surface area (TPSA) is 23.5 Å². The number of aliphatic hydroxyl groups excluding tert-OH is 1. The van der Waals surface area contributed by atoms with Crippen molar-refractivity contribution in [3.8, 4) is 0 Å². The van der Waals surface area contributed by atoms with Crippen LogP contribution in [0.15, 0.2) is 30.3 Å². The van der Waals surface area contributed by atoms with Gasteiger partial charge in [0.1, 0.15) is 0 Å². The van der Waals surface area contributed by atoms with Gasteiger partial charge < -0.3 is 5.11 Å². The first-order chi connectivity index (χ1) is 9.63. The summed E-state index contributed by atoms with van der Waals surface area (Å²) in [6, 6.07) is 10.3. The zero-order chi connectivity index (χ0) is 14.5. The van der Waals surface area contributed by atoms with Gasteiger partial charge in [-0.25, -0.2) is 0 Å². The molecule has 1 saturated carbocycles. The van der Waals surface area contributed by atoms with Crippen molar-refractivity contribution >= 4 is 0 Å². The van der Waals surface area contributed by atoms with E-state index in [0.29, 0.717) is 5.92 Å². The fraction of sp³-hybridized carbons (Fsp3) is 0.667. The molecule has 1 fully saturated rings. The Balaban J connectivity index is 2.14. The lowest BCUT2D eigenvalue weighted by molar-refractivity contribution is 0.0196. The second-order valence-electron chi connectivity index (χ2n) is 6.53. The summed E-state index contributed by atoms with van der Waals surface area (Å²) in [5, 5.41) is 10.8. The first-order valence-corrected chi connectivity index (χ1v) is 8.10. The van der Waals surface area contributed by atoms with E-state index < -0.39 is 0 Å². The number of hydrogen-bond donors (Lipinski definition) is 1. The molecule has 0 amide bonds. The maximum atomic E-state index is 10.8. The van der Waals surface area contributed by atoms with Crippen LogP contribution in [0.1, 0.15) is 51.7 Å². The lowest BCUT2D eigenvalue weighted by Gasteiger charge is -2.38. The van der Waals surface area contributed by atoms with Crippen molar-refractivity contribution < 1.29 is 5.11 Å². The number of hydrogen-bond acceptors (Lipinski definition) is 2. The van der Waals surface area contributed by atoms with E-state index in [9.17, 15) is 5.11 Å². The van der Waals surface area contributed by atoms with Crippen molar-refractivity contribution in [3.63, 3.8) is 0 Å². The number of nitrogens with zero attached hydrogens (tertiary/aromatic N) is 1. The van der Waals surface area contributed by atoms with Gasteiger partial charge in [-0.15, -0.1) is 0 Å². The molecule has 0 saturated heterocycles. The molecule has 20 heavy (non-hydrogen) atoms. The second-order valence-corrected chi connectivity index (χ2v) is 6.53. The molecule has 0 spiro atoms. The van der Waals surface area contributed by atoms with Gasteiger partial charge in [-0.05, 0) is 43.2 Å². The Hall–Kier alpha value is -0.860. The minimum atomic E-state index is -0.388. The van der Waals surface area contributed by atoms with Gasteiger partial charge in [0.05, 0.1) is 6.10 Å². The van der Waals surface area contributed by atoms with Gasteiger partial charge in [0.2, 0.25) is 0 Å². The first-order valence-electron chi connectivity index (χ1n) is 8.10. The van der Waals surface area contributed by atoms with Crippen LogP contribution in [0.25, 0.3) is 0 Å². The Bertz CT molecular complexity index is 386. The van der Waals surface area contributed by atoms with E-state index in [1.54, 1.807) is 0 Å². The van der Waals surface area contributed by atoms with Gasteiger partial charge in [-0.1, -0.05) is 51.1 Å². The number of aliphatic hydroxyl groups is 1. The van der Waals surface area contributed by atoms with Crippen LogP contribution in [0.2, 0.25) is 0 Å². The predicted octanol–water partition coefficient (Wildman–Crippen LogP) is 3.87. The summed E-state index contributed by atoms with van der Waals surface area (Å²) < 4.78 is 0. The van der Waals surface area contributed by atoms with Crippen LogP contribution in [0.3, 0.4) is 0 Å². The zero-order valence-corrected chi connectivity index (χ0v) is 13.1. The largest absolute Gasteiger partial charge is 0.387 e. The molecule has 0 radical (unpaired) electrons. The fourth-order valence-electron chi connectivity index (χ4n) is 3.11. The van der Waals surface area contributed by atoms with Gasteiger partial charge in [-0.3, -0.25) is 4.90 Å². The monoisotopic (exact) mass is 275 g/mol. The van der Waals surface area contributed by atoms with Gasteiger partial charge in [-0.2, -0.15) is 0 Å². The highest BCUT2D eigenvalue weighted by molar-refractivity contribution is 5.19. The summed E-state index contributed by atoms with van der Waals surface area (Å²) in [4.78, 5) is 2.53. The predicted molar refractivity (Wildman–Crippen MR) is 84.6 cm³/mol. The third-order valence-electron chi connectivity index (χ3n) is 4.27. The average molecular weight is 275 g/mol. The van der Waals surface area contributed by atoms with Gasteiger partial charge in [0.25, 0.3) is 0 Å². The molecule has 1 aliphatic carbocycles. The summed E-state index contributed by atoms with van der Waals surface area (Å²) >= 11 is 0. The maximum absolute atomic E-state index is 10.8. The molecule has 2 atom stereocenters. The summed E-state index contributed by atoms with van der Waals surface area (Å²) in [5.41, 5.74) is 1.04. The lowest BCUT2D eigenvalue weighted by atomic mass is 9.91. The number of benzene rings is 1. The molecular formula is C18H29NO. The van der Waals surface area contributed by atoms with Crippen LogP contribution in [0.5, 0.6) is 0 Å². The van der Waals surface area contributed by atoms with E-state index in [2.05, 4.69) is 25.7 Å². The Morgan fingerprint density at radius 3 is 2.35 bits per heavy atom. The molecule has 2 nitrogen and oxygen atoms in total. The van der Waals surface area contributed by atoms with E-state index >= 15 is 0 Å². The standard InChI is InChI=1S/C18H29NO/c1-4-12-19(13-15-10-11-15)17(14(2)3)18(20)16-8-6-5-7-9-16/h5-9,14-15,17-18,20H,4,10-13H2,1-3H3. The van der Waals surface area contributed by atoms with Crippen molar-refractivity contribution in [2.75, 3.05) is 13.1 Å². The molecule has 0 heterocycles. The molecule has 1 N–H and O–H groups in total. The average Bonchev–Trinajstić information content (AvgIpc) is 3.23. The maximum Gasteiger partial charge on any atom is 0.0947 e. The minimum absolute atomic E-state index is 0.220. The van der Waals surface area contributed by atoms with Gasteiger partial charge in [0, 0.05) is 12.6 Å². The Kier molecular flexibility index (Phi) is 5.62. The summed E-state index contributed by atoms with van der Waals surface area (Å²) in [5.74, 6) is 1.32. The fourth-order valence-corrected chi connectivity index (χ4v) is 3.11. The Labute approximate surface area is 123 Å². The Morgan fingerprint density at radius 2 is 1.85 bits per heavy atom. The van der Waals surface area contributed by atoms with Gasteiger partial charge in [0.15, 0.2) is 0 Å². The van der Waals surface area contributed by atoms with Crippen LogP contribution < -0.4 is 0 Å². The van der Waals surface area contributed by atoms with Crippen LogP contribution in [0.4, 0.5) is 0 Å². The quantitative estimate of drug-likeness (QED) is 0.778. The SMILES string of the molecule is CCCN(CC1CC1)C(C(C)C)C(O)c1ccccc1. The third-order valence-corrected chi connectivity index (χ3v) is 4.27. The molecule has 1 aromatic carbocycles. The van der Waals surface area contributed by atoms with Crippen molar-refractivity contribution in [2.24, 2.45) is 11.8 Å². The molecular weight excluding hydrogens is 246 g/mol. The molecule has 0 bridgehead atoms. The smallest absolute Gasteiger partial charge is 0.0947 e. The van der Waals surface area contributed by atoms with Crippen LogP contribution in [-0.4, -0.2) is 29.1 Å². The summed E-state index contributed by atoms with van der Waals surface area (Å²) in [6.07, 6.45) is 3.50. The molecule has 2 rings (SSSR count). The molecule has 2 unspecified atom stereocenters. The summed E-state index contributed by atoms with van der Waals surface area (Å²) in [7, 11) is 0. The van der Waals surface area contributed by atoms with Gasteiger partial charge >= 0.3 is 0 Å². The highest BCUT2D eigenvalue weighted by Crippen LogP contribution is 2.34. The highest BCUT2D eigenvalue weighted by Gasteiger charge is 2.33. The van der Waals surface area contributed by atoms with Crippen LogP contribution in [0, 0.1) is 11.8 Å². The van der Waals surface area contributed by atoms with E-state index in [0.717, 1.165) is 31.0 Å². The molecule has 2 heteroatoms. The van der Waals surface area contributed by atoms with E-state index in [-0.39, 0.29) is 12.1 Å². The van der Waals surface area contributed by atoms with Crippen molar-refractivity contribution in [1.82, 2.24) is 4.90 Å². The minimum Gasteiger partial charge on any atom is -0.387 e. The third kappa shape index (κ3) is 4.07. The molecule has 1 aliphatic rings. The first kappa shape index (κ1) is 15.5. The summed E-state index contributed by atoms with van der Waals surface area (Å²) in [6.45, 7) is 8.93. The molecule has 0 aliphatic heterocycles. The van der Waals surface area contributed by atoms with Crippen molar-refractivity contribution in [1.29, 1.82) is 0 Å². The normalized spacial score (nSPS) is 18.5. The van der Waals surface area contributed by atoms with Crippen LogP contribution in [-0.2, 0) is 0 Å². The van der Waals surface area contributed by atoms with E-state index in [4.69, 9.17) is 0 Å². The number of rotatable bonds is 8.